The standard InChI is InChI=1S/C17H24O2/c1-11(2)19-13-10-8-7-9-12(13)14(18)15-16(3,4)17(15,5)6/h7-11,15H,1-6H3. The Kier molecular flexibility index (Phi) is 3.24. The second-order valence-electron chi connectivity index (χ2n) is 6.90. The summed E-state index contributed by atoms with van der Waals surface area (Å²) in [4.78, 5) is 12.8. The maximum atomic E-state index is 12.8. The molecule has 0 heterocycles. The van der Waals surface area contributed by atoms with Crippen LogP contribution in [0.25, 0.3) is 0 Å². The quantitative estimate of drug-likeness (QED) is 0.753. The molecule has 1 aromatic rings. The van der Waals surface area contributed by atoms with Crippen LogP contribution in [0.15, 0.2) is 24.3 Å². The van der Waals surface area contributed by atoms with E-state index in [-0.39, 0.29) is 28.6 Å². The summed E-state index contributed by atoms with van der Waals surface area (Å²) < 4.78 is 5.76. The lowest BCUT2D eigenvalue weighted by molar-refractivity contribution is 0.0939. The lowest BCUT2D eigenvalue weighted by Crippen LogP contribution is -2.13. The Labute approximate surface area is 116 Å². The van der Waals surface area contributed by atoms with Gasteiger partial charge in [0.2, 0.25) is 0 Å². The van der Waals surface area contributed by atoms with Gasteiger partial charge in [-0.15, -0.1) is 0 Å². The van der Waals surface area contributed by atoms with Crippen LogP contribution in [0.3, 0.4) is 0 Å². The number of Topliss-reactive ketones (excluding diaryl/α,β-unsaturated/α-hetero) is 1. The molecule has 0 aliphatic heterocycles. The lowest BCUT2D eigenvalue weighted by atomic mass is 10.0. The number of benzene rings is 1. The molecule has 0 amide bonds. The highest BCUT2D eigenvalue weighted by atomic mass is 16.5. The molecule has 1 fully saturated rings. The molecule has 1 aromatic carbocycles. The van der Waals surface area contributed by atoms with E-state index in [0.29, 0.717) is 5.75 Å². The van der Waals surface area contributed by atoms with Gasteiger partial charge in [0.05, 0.1) is 11.7 Å². The molecule has 2 rings (SSSR count). The zero-order chi connectivity index (χ0) is 14.4. The predicted octanol–water partition coefficient (Wildman–Crippen LogP) is 4.34. The molecule has 1 saturated carbocycles. The van der Waals surface area contributed by atoms with Crippen LogP contribution < -0.4 is 4.74 Å². The molecular formula is C17H24O2. The van der Waals surface area contributed by atoms with Crippen molar-refractivity contribution in [2.24, 2.45) is 16.7 Å². The molecular weight excluding hydrogens is 236 g/mol. The molecule has 104 valence electrons. The number of ether oxygens (including phenoxy) is 1. The summed E-state index contributed by atoms with van der Waals surface area (Å²) >= 11 is 0. The van der Waals surface area contributed by atoms with Gasteiger partial charge in [-0.2, -0.15) is 0 Å². The fourth-order valence-electron chi connectivity index (χ4n) is 3.03. The topological polar surface area (TPSA) is 26.3 Å². The minimum absolute atomic E-state index is 0.0645. The Hall–Kier alpha value is -1.31. The van der Waals surface area contributed by atoms with E-state index in [0.717, 1.165) is 5.56 Å². The zero-order valence-electron chi connectivity index (χ0n) is 12.8. The molecule has 2 nitrogen and oxygen atoms in total. The summed E-state index contributed by atoms with van der Waals surface area (Å²) in [6.45, 7) is 12.6. The van der Waals surface area contributed by atoms with E-state index < -0.39 is 0 Å². The number of hydrogen-bond donors (Lipinski definition) is 0. The van der Waals surface area contributed by atoms with Gasteiger partial charge >= 0.3 is 0 Å². The molecule has 0 aromatic heterocycles. The van der Waals surface area contributed by atoms with Gasteiger partial charge in [-0.1, -0.05) is 39.8 Å². The number of rotatable bonds is 4. The highest BCUT2D eigenvalue weighted by Gasteiger charge is 2.68. The number of carbonyl (C=O) groups excluding carboxylic acids is 1. The monoisotopic (exact) mass is 260 g/mol. The van der Waals surface area contributed by atoms with Gasteiger partial charge in [-0.25, -0.2) is 0 Å². The van der Waals surface area contributed by atoms with E-state index in [1.54, 1.807) is 0 Å². The van der Waals surface area contributed by atoms with Crippen LogP contribution in [0.1, 0.15) is 51.9 Å². The van der Waals surface area contributed by atoms with E-state index >= 15 is 0 Å². The van der Waals surface area contributed by atoms with E-state index in [1.807, 2.05) is 38.1 Å². The number of carbonyl (C=O) groups is 1. The van der Waals surface area contributed by atoms with Crippen LogP contribution in [0.4, 0.5) is 0 Å². The highest BCUT2D eigenvalue weighted by Crippen LogP contribution is 2.69. The molecule has 0 N–H and O–H groups in total. The third kappa shape index (κ3) is 2.18. The van der Waals surface area contributed by atoms with Crippen molar-refractivity contribution in [3.8, 4) is 5.75 Å². The average molecular weight is 260 g/mol. The first-order chi connectivity index (χ1) is 8.69. The Bertz CT molecular complexity index is 484. The van der Waals surface area contributed by atoms with Gasteiger partial charge in [0.25, 0.3) is 0 Å². The van der Waals surface area contributed by atoms with Gasteiger partial charge < -0.3 is 4.74 Å². The van der Waals surface area contributed by atoms with Gasteiger partial charge in [0.1, 0.15) is 5.75 Å². The Morgan fingerprint density at radius 2 is 1.63 bits per heavy atom. The van der Waals surface area contributed by atoms with E-state index in [1.165, 1.54) is 0 Å². The first-order valence-electron chi connectivity index (χ1n) is 6.99. The smallest absolute Gasteiger partial charge is 0.170 e. The van der Waals surface area contributed by atoms with Crippen molar-refractivity contribution in [3.63, 3.8) is 0 Å². The van der Waals surface area contributed by atoms with Crippen molar-refractivity contribution in [3.05, 3.63) is 29.8 Å². The van der Waals surface area contributed by atoms with E-state index in [2.05, 4.69) is 27.7 Å². The molecule has 19 heavy (non-hydrogen) atoms. The molecule has 0 radical (unpaired) electrons. The maximum absolute atomic E-state index is 12.8. The van der Waals surface area contributed by atoms with Crippen LogP contribution >= 0.6 is 0 Å². The van der Waals surface area contributed by atoms with Crippen molar-refractivity contribution in [2.75, 3.05) is 0 Å². The van der Waals surface area contributed by atoms with Crippen molar-refractivity contribution in [2.45, 2.75) is 47.6 Å². The molecule has 0 atom stereocenters. The summed E-state index contributed by atoms with van der Waals surface area (Å²) in [7, 11) is 0. The normalized spacial score (nSPS) is 20.4. The molecule has 1 aliphatic rings. The fraction of sp³-hybridized carbons (Fsp3) is 0.588. The summed E-state index contributed by atoms with van der Waals surface area (Å²) in [5.41, 5.74) is 0.851. The summed E-state index contributed by atoms with van der Waals surface area (Å²) in [6.07, 6.45) is 0.0779. The third-order valence-corrected chi connectivity index (χ3v) is 4.80. The summed E-state index contributed by atoms with van der Waals surface area (Å²) in [5.74, 6) is 1.00. The molecule has 2 heteroatoms. The van der Waals surface area contributed by atoms with Crippen LogP contribution in [0.2, 0.25) is 0 Å². The SMILES string of the molecule is CC(C)Oc1ccccc1C(=O)C1C(C)(C)C1(C)C. The number of ketones is 1. The number of para-hydroxylation sites is 1. The largest absolute Gasteiger partial charge is 0.490 e. The van der Waals surface area contributed by atoms with Crippen LogP contribution in [-0.4, -0.2) is 11.9 Å². The molecule has 0 bridgehead atoms. The second kappa shape index (κ2) is 4.36. The van der Waals surface area contributed by atoms with Crippen LogP contribution in [-0.2, 0) is 0 Å². The summed E-state index contributed by atoms with van der Waals surface area (Å²) in [5, 5.41) is 0. The van der Waals surface area contributed by atoms with Crippen molar-refractivity contribution >= 4 is 5.78 Å². The van der Waals surface area contributed by atoms with Crippen LogP contribution in [0.5, 0.6) is 5.75 Å². The van der Waals surface area contributed by atoms with Crippen molar-refractivity contribution < 1.29 is 9.53 Å². The van der Waals surface area contributed by atoms with Gasteiger partial charge in [0.15, 0.2) is 5.78 Å². The summed E-state index contributed by atoms with van der Waals surface area (Å²) in [6, 6.07) is 7.58. The molecule has 0 unspecified atom stereocenters. The van der Waals surface area contributed by atoms with Crippen LogP contribution in [0, 0.1) is 16.7 Å². The predicted molar refractivity (Wildman–Crippen MR) is 77.6 cm³/mol. The Morgan fingerprint density at radius 1 is 1.11 bits per heavy atom. The van der Waals surface area contributed by atoms with Crippen molar-refractivity contribution in [1.82, 2.24) is 0 Å². The molecule has 1 aliphatic carbocycles. The van der Waals surface area contributed by atoms with Gasteiger partial charge in [-0.05, 0) is 36.8 Å². The van der Waals surface area contributed by atoms with E-state index in [4.69, 9.17) is 4.74 Å². The maximum Gasteiger partial charge on any atom is 0.170 e. The Morgan fingerprint density at radius 3 is 2.11 bits per heavy atom. The van der Waals surface area contributed by atoms with Gasteiger partial charge in [-0.3, -0.25) is 4.79 Å². The van der Waals surface area contributed by atoms with Crippen molar-refractivity contribution in [1.29, 1.82) is 0 Å². The fourth-order valence-corrected chi connectivity index (χ4v) is 3.03. The first kappa shape index (κ1) is 14.1. The Balaban J connectivity index is 2.31. The lowest BCUT2D eigenvalue weighted by Gasteiger charge is -2.14. The first-order valence-corrected chi connectivity index (χ1v) is 6.99. The third-order valence-electron chi connectivity index (χ3n) is 4.80. The van der Waals surface area contributed by atoms with Gasteiger partial charge in [0, 0.05) is 5.92 Å². The van der Waals surface area contributed by atoms with E-state index in [9.17, 15) is 4.79 Å². The average Bonchev–Trinajstić information content (AvgIpc) is 2.68. The zero-order valence-corrected chi connectivity index (χ0v) is 12.8. The molecule has 0 spiro atoms. The molecule has 0 saturated heterocycles. The highest BCUT2D eigenvalue weighted by molar-refractivity contribution is 6.03. The minimum atomic E-state index is 0.0645. The second-order valence-corrected chi connectivity index (χ2v) is 6.90. The number of hydrogen-bond acceptors (Lipinski definition) is 2. The minimum Gasteiger partial charge on any atom is -0.490 e.